The Bertz CT molecular complexity index is 553. The fraction of sp³-hybridized carbons (Fsp3) is 0.929. The smallest absolute Gasteiger partial charge is 0.224 e. The van der Waals surface area contributed by atoms with Crippen LogP contribution in [0.1, 0.15) is 8.29 Å². The zero-order valence-electron chi connectivity index (χ0n) is 14.8. The molecule has 12 nitrogen and oxygen atoms in total. The maximum absolute atomic E-state index is 11.5. The lowest BCUT2D eigenvalue weighted by Crippen LogP contribution is -2.77. The van der Waals surface area contributed by atoms with Gasteiger partial charge in [-0.15, -0.1) is 0 Å². The minimum Gasteiger partial charge on any atom is -0.394 e. The van der Waals surface area contributed by atoms with Gasteiger partial charge in [0.25, 0.3) is 0 Å². The van der Waals surface area contributed by atoms with E-state index >= 15 is 0 Å². The monoisotopic (exact) mass is 384 g/mol. The molecule has 2 rings (SSSR count). The zero-order chi connectivity index (χ0) is 20.7. The topological polar surface area (TPSA) is 209 Å². The first-order chi connectivity index (χ1) is 12.4. The van der Waals surface area contributed by atoms with Gasteiger partial charge in [-0.3, -0.25) is 4.79 Å². The number of amides is 1. The average molecular weight is 384 g/mol. The first-order valence-corrected chi connectivity index (χ1v) is 7.91. The number of rotatable bonds is 4. The summed E-state index contributed by atoms with van der Waals surface area (Å²) in [6.07, 6.45) is -16.3. The number of carbonyl (C=O) groups is 1. The van der Waals surface area contributed by atoms with Crippen molar-refractivity contribution in [1.29, 1.82) is 0 Å². The van der Waals surface area contributed by atoms with Crippen molar-refractivity contribution >= 4 is 5.91 Å². The quantitative estimate of drug-likeness (QED) is 0.223. The fourth-order valence-corrected chi connectivity index (χ4v) is 3.06. The highest BCUT2D eigenvalue weighted by atomic mass is 16.7. The van der Waals surface area contributed by atoms with E-state index in [4.69, 9.17) is 10.8 Å². The SMILES string of the molecule is [2H][C@@]1(C2(O)O[C@H](CO)[C@H](O)[C@H](O)[C@H]2O)O[C@H](CO)[C@@H](O)[C@H](O)[C@H]1NC(C)=O. The van der Waals surface area contributed by atoms with Crippen LogP contribution in [0.3, 0.4) is 0 Å². The van der Waals surface area contributed by atoms with Crippen molar-refractivity contribution in [1.82, 2.24) is 5.32 Å². The third-order valence-electron chi connectivity index (χ3n) is 4.49. The Morgan fingerprint density at radius 2 is 1.58 bits per heavy atom. The van der Waals surface area contributed by atoms with Crippen LogP contribution in [0, 0.1) is 0 Å². The van der Waals surface area contributed by atoms with Crippen molar-refractivity contribution in [3.8, 4) is 0 Å². The summed E-state index contributed by atoms with van der Waals surface area (Å²) in [5.74, 6) is -4.00. The minimum atomic E-state index is -3.19. The second-order valence-corrected chi connectivity index (χ2v) is 6.32. The zero-order valence-corrected chi connectivity index (χ0v) is 13.8. The van der Waals surface area contributed by atoms with E-state index in [1.807, 2.05) is 0 Å². The number of ether oxygens (including phenoxy) is 2. The van der Waals surface area contributed by atoms with Gasteiger partial charge in [0, 0.05) is 6.92 Å². The van der Waals surface area contributed by atoms with E-state index in [0.29, 0.717) is 0 Å². The highest BCUT2D eigenvalue weighted by molar-refractivity contribution is 5.73. The lowest BCUT2D eigenvalue weighted by molar-refractivity contribution is -0.397. The lowest BCUT2D eigenvalue weighted by atomic mass is 9.82. The average Bonchev–Trinajstić information content (AvgIpc) is 2.62. The van der Waals surface area contributed by atoms with Crippen LogP contribution in [-0.4, -0.2) is 121 Å². The molecule has 10 atom stereocenters. The van der Waals surface area contributed by atoms with Crippen LogP contribution in [0.5, 0.6) is 0 Å². The second-order valence-electron chi connectivity index (χ2n) is 6.32. The number of aliphatic hydroxyl groups excluding tert-OH is 7. The highest BCUT2D eigenvalue weighted by Gasteiger charge is 2.62. The third kappa shape index (κ3) is 3.57. The van der Waals surface area contributed by atoms with Gasteiger partial charge >= 0.3 is 0 Å². The Balaban J connectivity index is 2.55. The Morgan fingerprint density at radius 1 is 1.04 bits per heavy atom. The van der Waals surface area contributed by atoms with E-state index in [1.165, 1.54) is 0 Å². The molecule has 26 heavy (non-hydrogen) atoms. The molecule has 0 aromatic heterocycles. The maximum atomic E-state index is 11.5. The van der Waals surface area contributed by atoms with E-state index in [0.717, 1.165) is 6.92 Å². The molecular formula is C14H25NO11. The van der Waals surface area contributed by atoms with Crippen LogP contribution in [0.15, 0.2) is 0 Å². The molecule has 0 aromatic carbocycles. The molecule has 0 radical (unpaired) electrons. The van der Waals surface area contributed by atoms with Gasteiger partial charge in [0.2, 0.25) is 11.7 Å². The summed E-state index contributed by atoms with van der Waals surface area (Å²) in [6.45, 7) is -0.829. The van der Waals surface area contributed by atoms with E-state index in [-0.39, 0.29) is 0 Å². The van der Waals surface area contributed by atoms with Gasteiger partial charge in [0.1, 0.15) is 48.8 Å². The van der Waals surface area contributed by atoms with Crippen molar-refractivity contribution in [2.75, 3.05) is 13.2 Å². The van der Waals surface area contributed by atoms with Crippen LogP contribution in [-0.2, 0) is 14.3 Å². The summed E-state index contributed by atoms with van der Waals surface area (Å²) in [5.41, 5.74) is 0. The van der Waals surface area contributed by atoms with Crippen LogP contribution >= 0.6 is 0 Å². The number of nitrogens with one attached hydrogen (secondary N) is 1. The molecule has 152 valence electrons. The Kier molecular flexibility index (Phi) is 6.08. The maximum Gasteiger partial charge on any atom is 0.224 e. The molecule has 1 amide bonds. The molecule has 0 bridgehead atoms. The molecule has 1 unspecified atom stereocenters. The number of aliphatic hydroxyl groups is 8. The predicted molar refractivity (Wildman–Crippen MR) is 80.3 cm³/mol. The summed E-state index contributed by atoms with van der Waals surface area (Å²) < 4.78 is 18.8. The molecule has 2 aliphatic rings. The van der Waals surface area contributed by atoms with E-state index < -0.39 is 79.8 Å². The molecule has 0 saturated carbocycles. The number of hydrogen-bond acceptors (Lipinski definition) is 11. The Labute approximate surface area is 149 Å². The summed E-state index contributed by atoms with van der Waals surface area (Å²) in [6, 6.07) is -1.89. The molecule has 9 N–H and O–H groups in total. The van der Waals surface area contributed by atoms with E-state index in [9.17, 15) is 45.6 Å². The van der Waals surface area contributed by atoms with Gasteiger partial charge in [-0.2, -0.15) is 0 Å². The van der Waals surface area contributed by atoms with Crippen molar-refractivity contribution in [3.63, 3.8) is 0 Å². The molecule has 0 spiro atoms. The number of carbonyl (C=O) groups excluding carboxylic acids is 1. The fourth-order valence-electron chi connectivity index (χ4n) is 3.06. The van der Waals surface area contributed by atoms with Crippen molar-refractivity contribution in [3.05, 3.63) is 0 Å². The van der Waals surface area contributed by atoms with E-state index in [1.54, 1.807) is 0 Å². The lowest BCUT2D eigenvalue weighted by Gasteiger charge is -2.53. The van der Waals surface area contributed by atoms with Gasteiger partial charge in [-0.05, 0) is 0 Å². The van der Waals surface area contributed by atoms with Crippen molar-refractivity contribution in [2.45, 2.75) is 67.6 Å². The molecule has 0 aliphatic carbocycles. The van der Waals surface area contributed by atoms with E-state index in [2.05, 4.69) is 5.32 Å². The van der Waals surface area contributed by atoms with Crippen LogP contribution < -0.4 is 5.32 Å². The van der Waals surface area contributed by atoms with Gasteiger partial charge in [0.05, 0.1) is 20.6 Å². The minimum absolute atomic E-state index is 0.804. The standard InChI is InChI=1S/C14H25NO11/c1-4(18)15-7-10(21)8(19)5(2-16)25-13(7)14(24)12(23)11(22)9(20)6(3-17)26-14/h5-13,16-17,19-24H,2-3H2,1H3,(H,15,18)/t5-,6-,7-,8-,9+,10-,11+,12-,13-,14?/m1/s1/i13D. The second kappa shape index (κ2) is 7.98. The van der Waals surface area contributed by atoms with Crippen molar-refractivity contribution < 1.29 is 56.5 Å². The third-order valence-corrected chi connectivity index (χ3v) is 4.49. The summed E-state index contributed by atoms with van der Waals surface area (Å²) >= 11 is 0. The normalized spacial score (nSPS) is 53.0. The van der Waals surface area contributed by atoms with Crippen LogP contribution in [0.4, 0.5) is 0 Å². The van der Waals surface area contributed by atoms with Gasteiger partial charge in [-0.25, -0.2) is 0 Å². The van der Waals surface area contributed by atoms with Gasteiger partial charge < -0.3 is 55.6 Å². The summed E-state index contributed by atoms with van der Waals surface area (Å²) in [7, 11) is 0. The molecule has 12 heteroatoms. The van der Waals surface area contributed by atoms with Crippen molar-refractivity contribution in [2.24, 2.45) is 0 Å². The molecule has 0 aromatic rings. The molecule has 2 fully saturated rings. The first kappa shape index (κ1) is 19.8. The van der Waals surface area contributed by atoms with Crippen LogP contribution in [0.25, 0.3) is 0 Å². The first-order valence-electron chi connectivity index (χ1n) is 8.41. The summed E-state index contributed by atoms with van der Waals surface area (Å²) in [5, 5.41) is 82.1. The van der Waals surface area contributed by atoms with Gasteiger partial charge in [-0.1, -0.05) is 0 Å². The summed E-state index contributed by atoms with van der Waals surface area (Å²) in [4.78, 5) is 11.5. The largest absolute Gasteiger partial charge is 0.394 e. The Hall–Kier alpha value is -0.930. The molecule has 2 heterocycles. The molecule has 2 aliphatic heterocycles. The highest BCUT2D eigenvalue weighted by Crippen LogP contribution is 2.37. The predicted octanol–water partition coefficient (Wildman–Crippen LogP) is -5.86. The molecule has 2 saturated heterocycles. The molecular weight excluding hydrogens is 358 g/mol. The van der Waals surface area contributed by atoms with Crippen LogP contribution in [0.2, 0.25) is 0 Å². The Morgan fingerprint density at radius 3 is 2.08 bits per heavy atom. The van der Waals surface area contributed by atoms with Gasteiger partial charge in [0.15, 0.2) is 0 Å². The number of hydrogen-bond donors (Lipinski definition) is 9.